The van der Waals surface area contributed by atoms with Gasteiger partial charge in [0.1, 0.15) is 0 Å². The maximum atomic E-state index is 12.6. The maximum Gasteiger partial charge on any atom is 0.307 e. The molecule has 1 saturated heterocycles. The zero-order valence-corrected chi connectivity index (χ0v) is 13.6. The van der Waals surface area contributed by atoms with Crippen molar-refractivity contribution in [3.63, 3.8) is 0 Å². The fourth-order valence-electron chi connectivity index (χ4n) is 3.43. The van der Waals surface area contributed by atoms with E-state index in [1.165, 1.54) is 0 Å². The highest BCUT2D eigenvalue weighted by Gasteiger charge is 2.43. The lowest BCUT2D eigenvalue weighted by molar-refractivity contribution is -0.156. The van der Waals surface area contributed by atoms with Crippen LogP contribution < -0.4 is 0 Å². The summed E-state index contributed by atoms with van der Waals surface area (Å²) in [6, 6.07) is 9.13. The predicted molar refractivity (Wildman–Crippen MR) is 87.4 cm³/mol. The maximum absolute atomic E-state index is 12.6. The van der Waals surface area contributed by atoms with Crippen molar-refractivity contribution in [2.75, 3.05) is 26.2 Å². The Morgan fingerprint density at radius 2 is 1.50 bits per heavy atom. The van der Waals surface area contributed by atoms with Crippen molar-refractivity contribution >= 4 is 17.8 Å². The van der Waals surface area contributed by atoms with E-state index in [0.717, 1.165) is 6.42 Å². The summed E-state index contributed by atoms with van der Waals surface area (Å²) in [5.41, 5.74) is 0.655. The summed E-state index contributed by atoms with van der Waals surface area (Å²) in [5, 5.41) is 9.12. The molecule has 1 aromatic rings. The van der Waals surface area contributed by atoms with Crippen molar-refractivity contribution in [2.45, 2.75) is 19.3 Å². The monoisotopic (exact) mass is 330 g/mol. The van der Waals surface area contributed by atoms with Gasteiger partial charge in [0.2, 0.25) is 5.91 Å². The van der Waals surface area contributed by atoms with E-state index in [4.69, 9.17) is 5.11 Å². The molecule has 6 heteroatoms. The van der Waals surface area contributed by atoms with Gasteiger partial charge in [0.05, 0.1) is 11.8 Å². The van der Waals surface area contributed by atoms with E-state index in [1.54, 1.807) is 21.9 Å². The van der Waals surface area contributed by atoms with Gasteiger partial charge in [-0.05, 0) is 31.4 Å². The van der Waals surface area contributed by atoms with Crippen LogP contribution in [0.4, 0.5) is 0 Å². The van der Waals surface area contributed by atoms with Gasteiger partial charge in [-0.2, -0.15) is 0 Å². The number of benzene rings is 1. The summed E-state index contributed by atoms with van der Waals surface area (Å²) in [4.78, 5) is 39.7. The first-order valence-electron chi connectivity index (χ1n) is 8.44. The minimum absolute atomic E-state index is 0.0167. The second-order valence-electron chi connectivity index (χ2n) is 6.47. The van der Waals surface area contributed by atoms with Crippen LogP contribution >= 0.6 is 0 Å². The average Bonchev–Trinajstić information content (AvgIpc) is 2.79. The number of amides is 2. The molecule has 1 aromatic carbocycles. The number of nitrogens with zero attached hydrogens (tertiary/aromatic N) is 2. The Balaban J connectivity index is 1.60. The molecule has 128 valence electrons. The summed E-state index contributed by atoms with van der Waals surface area (Å²) in [6.07, 6.45) is 1.95. The zero-order chi connectivity index (χ0) is 17.1. The van der Waals surface area contributed by atoms with Crippen LogP contribution in [0.25, 0.3) is 0 Å². The first-order valence-corrected chi connectivity index (χ1v) is 8.44. The Hall–Kier alpha value is -2.37. The lowest BCUT2D eigenvalue weighted by Gasteiger charge is -2.36. The van der Waals surface area contributed by atoms with E-state index >= 15 is 0 Å². The molecule has 1 aliphatic carbocycles. The number of hydrogen-bond acceptors (Lipinski definition) is 3. The molecule has 1 N–H and O–H groups in total. The van der Waals surface area contributed by atoms with E-state index in [0.29, 0.717) is 44.6 Å². The number of carboxylic acids is 1. The Bertz CT molecular complexity index is 631. The van der Waals surface area contributed by atoms with Crippen LogP contribution in [-0.4, -0.2) is 58.9 Å². The van der Waals surface area contributed by atoms with Crippen molar-refractivity contribution in [1.82, 2.24) is 9.80 Å². The van der Waals surface area contributed by atoms with Gasteiger partial charge in [-0.25, -0.2) is 0 Å². The summed E-state index contributed by atoms with van der Waals surface area (Å²) in [6.45, 7) is 2.16. The first kappa shape index (κ1) is 16.5. The van der Waals surface area contributed by atoms with Crippen LogP contribution in [0.5, 0.6) is 0 Å². The van der Waals surface area contributed by atoms with Gasteiger partial charge in [0.15, 0.2) is 0 Å². The molecule has 0 bridgehead atoms. The Labute approximate surface area is 141 Å². The lowest BCUT2D eigenvalue weighted by atomic mass is 9.73. The van der Waals surface area contributed by atoms with Crippen LogP contribution in [0.2, 0.25) is 0 Å². The molecule has 1 aliphatic heterocycles. The summed E-state index contributed by atoms with van der Waals surface area (Å²) >= 11 is 0. The molecule has 2 amide bonds. The average molecular weight is 330 g/mol. The summed E-state index contributed by atoms with van der Waals surface area (Å²) in [5.74, 6) is -1.89. The molecule has 1 saturated carbocycles. The Morgan fingerprint density at radius 3 is 2.12 bits per heavy atom. The van der Waals surface area contributed by atoms with Gasteiger partial charge in [0.25, 0.3) is 5.91 Å². The molecule has 2 aliphatic rings. The number of rotatable bonds is 3. The van der Waals surface area contributed by atoms with E-state index < -0.39 is 11.9 Å². The number of aliphatic carboxylic acids is 1. The second-order valence-corrected chi connectivity index (χ2v) is 6.47. The fraction of sp³-hybridized carbons (Fsp3) is 0.500. The largest absolute Gasteiger partial charge is 0.481 e. The second kappa shape index (κ2) is 7.03. The first-order chi connectivity index (χ1) is 11.6. The van der Waals surface area contributed by atoms with Gasteiger partial charge >= 0.3 is 5.97 Å². The fourth-order valence-corrected chi connectivity index (χ4v) is 3.43. The quantitative estimate of drug-likeness (QED) is 0.910. The molecule has 0 spiro atoms. The highest BCUT2D eigenvalue weighted by atomic mass is 16.4. The molecule has 24 heavy (non-hydrogen) atoms. The van der Waals surface area contributed by atoms with Crippen LogP contribution in [-0.2, 0) is 9.59 Å². The standard InChI is InChI=1S/C18H22N2O4/c21-16(13-5-2-1-3-6-13)19-9-4-10-20(12-11-19)17(22)14-7-8-15(14)18(23)24/h1-3,5-6,14-15H,4,7-12H2,(H,23,24). The number of hydrogen-bond donors (Lipinski definition) is 1. The van der Waals surface area contributed by atoms with Crippen LogP contribution in [0.3, 0.4) is 0 Å². The molecular weight excluding hydrogens is 308 g/mol. The Kier molecular flexibility index (Phi) is 4.83. The van der Waals surface area contributed by atoms with Crippen LogP contribution in [0.15, 0.2) is 30.3 Å². The molecule has 1 heterocycles. The van der Waals surface area contributed by atoms with Crippen LogP contribution in [0.1, 0.15) is 29.6 Å². The zero-order valence-electron chi connectivity index (χ0n) is 13.6. The molecule has 2 unspecified atom stereocenters. The summed E-state index contributed by atoms with van der Waals surface area (Å²) in [7, 11) is 0. The number of carbonyl (C=O) groups is 3. The molecule has 6 nitrogen and oxygen atoms in total. The normalized spacial score (nSPS) is 24.0. The van der Waals surface area contributed by atoms with Crippen LogP contribution in [0, 0.1) is 11.8 Å². The van der Waals surface area contributed by atoms with Gasteiger partial charge < -0.3 is 14.9 Å². The third-order valence-corrected chi connectivity index (χ3v) is 5.02. The third kappa shape index (κ3) is 3.27. The summed E-state index contributed by atoms with van der Waals surface area (Å²) < 4.78 is 0. The van der Waals surface area contributed by atoms with Crippen molar-refractivity contribution in [2.24, 2.45) is 11.8 Å². The van der Waals surface area contributed by atoms with Crippen molar-refractivity contribution in [1.29, 1.82) is 0 Å². The molecule has 2 fully saturated rings. The highest BCUT2D eigenvalue weighted by Crippen LogP contribution is 2.36. The van der Waals surface area contributed by atoms with Gasteiger partial charge in [-0.1, -0.05) is 18.2 Å². The number of carboxylic acid groups (broad SMARTS) is 1. The van der Waals surface area contributed by atoms with E-state index in [1.807, 2.05) is 18.2 Å². The molecular formula is C18H22N2O4. The SMILES string of the molecule is O=C(O)C1CCC1C(=O)N1CCCN(C(=O)c2ccccc2)CC1. The number of carbonyl (C=O) groups excluding carboxylic acids is 2. The van der Waals surface area contributed by atoms with Gasteiger partial charge in [-0.15, -0.1) is 0 Å². The molecule has 0 aromatic heterocycles. The van der Waals surface area contributed by atoms with Gasteiger partial charge in [0, 0.05) is 31.7 Å². The smallest absolute Gasteiger partial charge is 0.307 e. The minimum Gasteiger partial charge on any atom is -0.481 e. The molecule has 0 radical (unpaired) electrons. The van der Waals surface area contributed by atoms with Crippen molar-refractivity contribution in [3.05, 3.63) is 35.9 Å². The third-order valence-electron chi connectivity index (χ3n) is 5.02. The van der Waals surface area contributed by atoms with Gasteiger partial charge in [-0.3, -0.25) is 14.4 Å². The van der Waals surface area contributed by atoms with Crippen molar-refractivity contribution in [3.8, 4) is 0 Å². The van der Waals surface area contributed by atoms with E-state index in [2.05, 4.69) is 0 Å². The molecule has 2 atom stereocenters. The minimum atomic E-state index is -0.879. The molecule has 3 rings (SSSR count). The lowest BCUT2D eigenvalue weighted by Crippen LogP contribution is -2.47. The Morgan fingerprint density at radius 1 is 0.875 bits per heavy atom. The van der Waals surface area contributed by atoms with E-state index in [-0.39, 0.29) is 17.7 Å². The highest BCUT2D eigenvalue weighted by molar-refractivity contribution is 5.94. The van der Waals surface area contributed by atoms with Crippen molar-refractivity contribution < 1.29 is 19.5 Å². The topological polar surface area (TPSA) is 77.9 Å². The predicted octanol–water partition coefficient (Wildman–Crippen LogP) is 1.47. The van der Waals surface area contributed by atoms with E-state index in [9.17, 15) is 14.4 Å².